The molecule has 2 aliphatic rings. The molecule has 1 aromatic rings. The SMILES string of the molecule is O=C(Nc1ccccc1)OC[C@@H]1CCCN2CCCC[C@H]12. The van der Waals surface area contributed by atoms with Crippen LogP contribution >= 0.6 is 0 Å². The third kappa shape index (κ3) is 3.76. The summed E-state index contributed by atoms with van der Waals surface area (Å²) in [5, 5.41) is 2.78. The van der Waals surface area contributed by atoms with Crippen LogP contribution in [0.25, 0.3) is 0 Å². The minimum atomic E-state index is -0.339. The van der Waals surface area contributed by atoms with Gasteiger partial charge in [-0.05, 0) is 50.9 Å². The van der Waals surface area contributed by atoms with Crippen molar-refractivity contribution in [2.45, 2.75) is 38.1 Å². The van der Waals surface area contributed by atoms with Crippen LogP contribution in [0.5, 0.6) is 0 Å². The largest absolute Gasteiger partial charge is 0.449 e. The number of nitrogens with one attached hydrogen (secondary N) is 1. The van der Waals surface area contributed by atoms with Gasteiger partial charge < -0.3 is 4.74 Å². The predicted molar refractivity (Wildman–Crippen MR) is 83.3 cm³/mol. The molecule has 0 radical (unpaired) electrons. The number of piperidine rings is 2. The Balaban J connectivity index is 1.48. The van der Waals surface area contributed by atoms with Crippen molar-refractivity contribution < 1.29 is 9.53 Å². The molecule has 0 saturated carbocycles. The van der Waals surface area contributed by atoms with E-state index in [-0.39, 0.29) is 6.09 Å². The summed E-state index contributed by atoms with van der Waals surface area (Å²) in [5.41, 5.74) is 0.783. The molecule has 4 heteroatoms. The first-order valence-electron chi connectivity index (χ1n) is 8.06. The molecule has 2 heterocycles. The highest BCUT2D eigenvalue weighted by molar-refractivity contribution is 5.84. The van der Waals surface area contributed by atoms with E-state index in [0.29, 0.717) is 18.6 Å². The molecule has 1 N–H and O–H groups in total. The van der Waals surface area contributed by atoms with Crippen molar-refractivity contribution in [2.75, 3.05) is 25.0 Å². The number of hydrogen-bond donors (Lipinski definition) is 1. The number of hydrogen-bond acceptors (Lipinski definition) is 3. The maximum absolute atomic E-state index is 11.9. The molecule has 0 unspecified atom stereocenters. The Labute approximate surface area is 126 Å². The van der Waals surface area contributed by atoms with E-state index in [9.17, 15) is 4.79 Å². The first kappa shape index (κ1) is 14.4. The fourth-order valence-electron chi connectivity index (χ4n) is 3.63. The quantitative estimate of drug-likeness (QED) is 0.925. The number of carbonyl (C=O) groups is 1. The topological polar surface area (TPSA) is 41.6 Å². The van der Waals surface area contributed by atoms with Crippen LogP contribution in [0.1, 0.15) is 32.1 Å². The van der Waals surface area contributed by atoms with Gasteiger partial charge in [0.05, 0.1) is 6.61 Å². The van der Waals surface area contributed by atoms with Gasteiger partial charge in [0.15, 0.2) is 0 Å². The second kappa shape index (κ2) is 6.94. The third-order valence-corrected chi connectivity index (χ3v) is 4.68. The third-order valence-electron chi connectivity index (χ3n) is 4.68. The zero-order valence-electron chi connectivity index (χ0n) is 12.5. The summed E-state index contributed by atoms with van der Waals surface area (Å²) in [4.78, 5) is 14.5. The lowest BCUT2D eigenvalue weighted by molar-refractivity contribution is 0.0261. The number of anilines is 1. The number of ether oxygens (including phenoxy) is 1. The summed E-state index contributed by atoms with van der Waals surface area (Å²) < 4.78 is 5.46. The molecule has 2 saturated heterocycles. The Bertz CT molecular complexity index is 461. The van der Waals surface area contributed by atoms with Crippen LogP contribution in [0.2, 0.25) is 0 Å². The fourth-order valence-corrected chi connectivity index (χ4v) is 3.63. The van der Waals surface area contributed by atoms with Crippen molar-refractivity contribution in [2.24, 2.45) is 5.92 Å². The molecule has 0 aromatic heterocycles. The number of nitrogens with zero attached hydrogens (tertiary/aromatic N) is 1. The van der Waals surface area contributed by atoms with Gasteiger partial charge in [-0.25, -0.2) is 4.79 Å². The molecule has 0 aliphatic carbocycles. The lowest BCUT2D eigenvalue weighted by Gasteiger charge is -2.44. The lowest BCUT2D eigenvalue weighted by atomic mass is 9.84. The van der Waals surface area contributed by atoms with Crippen molar-refractivity contribution in [1.29, 1.82) is 0 Å². The summed E-state index contributed by atoms with van der Waals surface area (Å²) in [6, 6.07) is 10.1. The molecule has 2 aliphatic heterocycles. The van der Waals surface area contributed by atoms with E-state index in [4.69, 9.17) is 4.74 Å². The molecular formula is C17H24N2O2. The Hall–Kier alpha value is -1.55. The molecule has 0 bridgehead atoms. The van der Waals surface area contributed by atoms with E-state index >= 15 is 0 Å². The smallest absolute Gasteiger partial charge is 0.411 e. The van der Waals surface area contributed by atoms with E-state index in [1.807, 2.05) is 30.3 Å². The van der Waals surface area contributed by atoms with E-state index in [0.717, 1.165) is 5.69 Å². The molecule has 1 amide bonds. The van der Waals surface area contributed by atoms with Gasteiger partial charge in [-0.15, -0.1) is 0 Å². The van der Waals surface area contributed by atoms with Crippen molar-refractivity contribution >= 4 is 11.8 Å². The molecule has 4 nitrogen and oxygen atoms in total. The van der Waals surface area contributed by atoms with E-state index in [1.165, 1.54) is 45.2 Å². The van der Waals surface area contributed by atoms with Gasteiger partial charge in [-0.3, -0.25) is 10.2 Å². The summed E-state index contributed by atoms with van der Waals surface area (Å²) in [7, 11) is 0. The van der Waals surface area contributed by atoms with Gasteiger partial charge >= 0.3 is 6.09 Å². The standard InChI is InChI=1S/C17H24N2O2/c20-17(18-15-8-2-1-3-9-15)21-13-14-7-6-12-19-11-5-4-10-16(14)19/h1-3,8-9,14,16H,4-7,10-13H2,(H,18,20)/t14-,16+/m0/s1. The molecule has 1 aromatic carbocycles. The first-order chi connectivity index (χ1) is 10.3. The average Bonchev–Trinajstić information content (AvgIpc) is 2.54. The van der Waals surface area contributed by atoms with Crippen molar-refractivity contribution in [3.63, 3.8) is 0 Å². The molecular weight excluding hydrogens is 264 g/mol. The van der Waals surface area contributed by atoms with Crippen LogP contribution in [0.4, 0.5) is 10.5 Å². The van der Waals surface area contributed by atoms with Gasteiger partial charge in [0.2, 0.25) is 0 Å². The van der Waals surface area contributed by atoms with Gasteiger partial charge in [-0.1, -0.05) is 24.6 Å². The molecule has 2 atom stereocenters. The first-order valence-corrected chi connectivity index (χ1v) is 8.06. The van der Waals surface area contributed by atoms with Crippen molar-refractivity contribution in [3.8, 4) is 0 Å². The van der Waals surface area contributed by atoms with Crippen LogP contribution in [0, 0.1) is 5.92 Å². The van der Waals surface area contributed by atoms with Gasteiger partial charge in [-0.2, -0.15) is 0 Å². The highest BCUT2D eigenvalue weighted by Crippen LogP contribution is 2.31. The monoisotopic (exact) mass is 288 g/mol. The fraction of sp³-hybridized carbons (Fsp3) is 0.588. The number of para-hydroxylation sites is 1. The van der Waals surface area contributed by atoms with Crippen LogP contribution < -0.4 is 5.32 Å². The Morgan fingerprint density at radius 2 is 1.95 bits per heavy atom. The van der Waals surface area contributed by atoms with Gasteiger partial charge in [0.1, 0.15) is 0 Å². The Morgan fingerprint density at radius 3 is 2.81 bits per heavy atom. The van der Waals surface area contributed by atoms with Crippen LogP contribution in [0.15, 0.2) is 30.3 Å². The van der Waals surface area contributed by atoms with Crippen molar-refractivity contribution in [1.82, 2.24) is 4.90 Å². The van der Waals surface area contributed by atoms with E-state index in [1.54, 1.807) is 0 Å². The summed E-state index contributed by atoms with van der Waals surface area (Å²) in [6.07, 6.45) is 5.96. The Kier molecular flexibility index (Phi) is 4.76. The average molecular weight is 288 g/mol. The zero-order chi connectivity index (χ0) is 14.5. The highest BCUT2D eigenvalue weighted by Gasteiger charge is 2.33. The van der Waals surface area contributed by atoms with Crippen molar-refractivity contribution in [3.05, 3.63) is 30.3 Å². The van der Waals surface area contributed by atoms with Crippen LogP contribution in [-0.2, 0) is 4.74 Å². The maximum Gasteiger partial charge on any atom is 0.411 e. The Morgan fingerprint density at radius 1 is 1.14 bits per heavy atom. The van der Waals surface area contributed by atoms with E-state index in [2.05, 4.69) is 10.2 Å². The number of rotatable bonds is 3. The number of amides is 1. The van der Waals surface area contributed by atoms with Gasteiger partial charge in [0, 0.05) is 17.6 Å². The summed E-state index contributed by atoms with van der Waals surface area (Å²) >= 11 is 0. The molecule has 2 fully saturated rings. The molecule has 3 rings (SSSR count). The number of benzene rings is 1. The van der Waals surface area contributed by atoms with Crippen LogP contribution in [0.3, 0.4) is 0 Å². The molecule has 0 spiro atoms. The number of carbonyl (C=O) groups excluding carboxylic acids is 1. The van der Waals surface area contributed by atoms with E-state index < -0.39 is 0 Å². The number of fused-ring (bicyclic) bond motifs is 1. The molecule has 21 heavy (non-hydrogen) atoms. The summed E-state index contributed by atoms with van der Waals surface area (Å²) in [5.74, 6) is 0.501. The minimum Gasteiger partial charge on any atom is -0.449 e. The molecule has 114 valence electrons. The lowest BCUT2D eigenvalue weighted by Crippen LogP contribution is -2.49. The maximum atomic E-state index is 11.9. The summed E-state index contributed by atoms with van der Waals surface area (Å²) in [6.45, 7) is 2.98. The zero-order valence-corrected chi connectivity index (χ0v) is 12.5. The minimum absolute atomic E-state index is 0.339. The highest BCUT2D eigenvalue weighted by atomic mass is 16.5. The second-order valence-electron chi connectivity index (χ2n) is 6.09. The predicted octanol–water partition coefficient (Wildman–Crippen LogP) is 3.50. The van der Waals surface area contributed by atoms with Crippen LogP contribution in [-0.4, -0.2) is 36.7 Å². The second-order valence-corrected chi connectivity index (χ2v) is 6.09. The van der Waals surface area contributed by atoms with Gasteiger partial charge in [0.25, 0.3) is 0 Å². The normalized spacial score (nSPS) is 25.9.